The Bertz CT molecular complexity index is 892. The fraction of sp³-hybridized carbons (Fsp3) is 0. The predicted octanol–water partition coefficient (Wildman–Crippen LogP) is 1.47. The quantitative estimate of drug-likeness (QED) is 0.604. The van der Waals surface area contributed by atoms with Crippen molar-refractivity contribution >= 4 is 33.3 Å². The van der Waals surface area contributed by atoms with Crippen LogP contribution in [0.1, 0.15) is 20.7 Å². The predicted molar refractivity (Wildman–Crippen MR) is 82.0 cm³/mol. The molecule has 120 valence electrons. The molecule has 0 radical (unpaired) electrons. The second kappa shape index (κ2) is 5.97. The summed E-state index contributed by atoms with van der Waals surface area (Å²) in [6, 6.07) is 8.67. The Balaban J connectivity index is 2.53. The summed E-state index contributed by atoms with van der Waals surface area (Å²) >= 11 is 0. The maximum atomic E-state index is 12.4. The van der Waals surface area contributed by atoms with E-state index in [-0.39, 0.29) is 16.9 Å². The van der Waals surface area contributed by atoms with E-state index in [2.05, 4.69) is 4.72 Å². The second-order valence-corrected chi connectivity index (χ2v) is 6.17. The van der Waals surface area contributed by atoms with Crippen molar-refractivity contribution in [3.8, 4) is 0 Å². The van der Waals surface area contributed by atoms with E-state index in [9.17, 15) is 18.0 Å². The maximum absolute atomic E-state index is 12.4. The van der Waals surface area contributed by atoms with Crippen molar-refractivity contribution in [1.82, 2.24) is 0 Å². The number of nitrogens with one attached hydrogen (secondary N) is 1. The van der Waals surface area contributed by atoms with E-state index in [0.717, 1.165) is 12.1 Å². The molecule has 2 aromatic rings. The third-order valence-electron chi connectivity index (χ3n) is 2.93. The fourth-order valence-electron chi connectivity index (χ4n) is 1.91. The highest BCUT2D eigenvalue weighted by molar-refractivity contribution is 7.92. The standard InChI is InChI=1S/C14H12N2O6S/c15-8-5-6-12(10(7-8)14(19)20)23(21,22)16-11-4-2-1-3-9(11)13(17)18/h1-7,16H,15H2,(H,17,18)(H,19,20). The van der Waals surface area contributed by atoms with E-state index in [4.69, 9.17) is 15.9 Å². The van der Waals surface area contributed by atoms with Crippen LogP contribution in [-0.2, 0) is 10.0 Å². The zero-order valence-corrected chi connectivity index (χ0v) is 12.4. The van der Waals surface area contributed by atoms with E-state index in [0.29, 0.717) is 0 Å². The van der Waals surface area contributed by atoms with Crippen LogP contribution in [0, 0.1) is 0 Å². The summed E-state index contributed by atoms with van der Waals surface area (Å²) in [6.45, 7) is 0. The summed E-state index contributed by atoms with van der Waals surface area (Å²) in [4.78, 5) is 21.8. The van der Waals surface area contributed by atoms with Crippen LogP contribution in [0.5, 0.6) is 0 Å². The number of anilines is 2. The monoisotopic (exact) mass is 336 g/mol. The number of nitrogen functional groups attached to an aromatic ring is 1. The number of hydrogen-bond acceptors (Lipinski definition) is 5. The molecule has 0 fully saturated rings. The van der Waals surface area contributed by atoms with Crippen molar-refractivity contribution < 1.29 is 28.2 Å². The number of hydrogen-bond donors (Lipinski definition) is 4. The summed E-state index contributed by atoms with van der Waals surface area (Å²) in [7, 11) is -4.31. The summed E-state index contributed by atoms with van der Waals surface area (Å²) in [5.74, 6) is -2.79. The topological polar surface area (TPSA) is 147 Å². The lowest BCUT2D eigenvalue weighted by molar-refractivity contribution is 0.0684. The Morgan fingerprint density at radius 2 is 1.57 bits per heavy atom. The number of carbonyl (C=O) groups is 2. The Hall–Kier alpha value is -3.07. The summed E-state index contributed by atoms with van der Waals surface area (Å²) in [6.07, 6.45) is 0. The van der Waals surface area contributed by atoms with Gasteiger partial charge in [-0.3, -0.25) is 4.72 Å². The van der Waals surface area contributed by atoms with Crippen molar-refractivity contribution in [2.75, 3.05) is 10.5 Å². The minimum absolute atomic E-state index is 0.0901. The molecule has 0 aliphatic heterocycles. The lowest BCUT2D eigenvalue weighted by atomic mass is 10.2. The number of benzene rings is 2. The molecule has 0 aliphatic carbocycles. The number of para-hydroxylation sites is 1. The first kappa shape index (κ1) is 16.3. The van der Waals surface area contributed by atoms with Gasteiger partial charge in [-0.1, -0.05) is 12.1 Å². The van der Waals surface area contributed by atoms with Gasteiger partial charge in [0, 0.05) is 5.69 Å². The van der Waals surface area contributed by atoms with Gasteiger partial charge in [0.15, 0.2) is 0 Å². The summed E-state index contributed by atoms with van der Waals surface area (Å²) < 4.78 is 26.9. The Morgan fingerprint density at radius 3 is 2.17 bits per heavy atom. The molecule has 0 amide bonds. The fourth-order valence-corrected chi connectivity index (χ4v) is 3.17. The number of sulfonamides is 1. The minimum Gasteiger partial charge on any atom is -0.478 e. The lowest BCUT2D eigenvalue weighted by Gasteiger charge is -2.12. The van der Waals surface area contributed by atoms with Gasteiger partial charge in [-0.2, -0.15) is 0 Å². The van der Waals surface area contributed by atoms with E-state index in [1.54, 1.807) is 0 Å². The molecule has 2 aromatic carbocycles. The third kappa shape index (κ3) is 3.40. The van der Waals surface area contributed by atoms with Gasteiger partial charge >= 0.3 is 11.9 Å². The van der Waals surface area contributed by atoms with Gasteiger partial charge < -0.3 is 15.9 Å². The zero-order valence-electron chi connectivity index (χ0n) is 11.6. The van der Waals surface area contributed by atoms with Gasteiger partial charge in [0.25, 0.3) is 10.0 Å². The van der Waals surface area contributed by atoms with Crippen LogP contribution < -0.4 is 10.5 Å². The van der Waals surface area contributed by atoms with Crippen LogP contribution in [-0.4, -0.2) is 30.6 Å². The first-order valence-corrected chi connectivity index (χ1v) is 7.68. The van der Waals surface area contributed by atoms with E-state index in [1.165, 1.54) is 30.3 Å². The van der Waals surface area contributed by atoms with Crippen LogP contribution >= 0.6 is 0 Å². The van der Waals surface area contributed by atoms with Crippen molar-refractivity contribution in [2.24, 2.45) is 0 Å². The molecular formula is C14H12N2O6S. The van der Waals surface area contributed by atoms with Crippen molar-refractivity contribution in [1.29, 1.82) is 0 Å². The Morgan fingerprint density at radius 1 is 0.957 bits per heavy atom. The number of aromatic carboxylic acids is 2. The van der Waals surface area contributed by atoms with E-state index in [1.807, 2.05) is 0 Å². The van der Waals surface area contributed by atoms with Crippen LogP contribution in [0.15, 0.2) is 47.4 Å². The smallest absolute Gasteiger partial charge is 0.337 e. The molecule has 0 atom stereocenters. The van der Waals surface area contributed by atoms with Gasteiger partial charge in [0.05, 0.1) is 16.8 Å². The molecule has 0 unspecified atom stereocenters. The normalized spacial score (nSPS) is 11.0. The van der Waals surface area contributed by atoms with Crippen molar-refractivity contribution in [2.45, 2.75) is 4.90 Å². The SMILES string of the molecule is Nc1ccc(S(=O)(=O)Nc2ccccc2C(=O)O)c(C(=O)O)c1. The number of nitrogens with two attached hydrogens (primary N) is 1. The van der Waals surface area contributed by atoms with Crippen LogP contribution in [0.4, 0.5) is 11.4 Å². The largest absolute Gasteiger partial charge is 0.478 e. The van der Waals surface area contributed by atoms with Crippen LogP contribution in [0.2, 0.25) is 0 Å². The number of rotatable bonds is 5. The lowest BCUT2D eigenvalue weighted by Crippen LogP contribution is -2.18. The summed E-state index contributed by atoms with van der Waals surface area (Å²) in [5, 5.41) is 18.2. The molecule has 0 bridgehead atoms. The Labute approximate surface area is 131 Å². The Kier molecular flexibility index (Phi) is 4.23. The van der Waals surface area contributed by atoms with Crippen LogP contribution in [0.3, 0.4) is 0 Å². The van der Waals surface area contributed by atoms with Gasteiger partial charge in [0.1, 0.15) is 4.90 Å². The highest BCUT2D eigenvalue weighted by Crippen LogP contribution is 2.24. The van der Waals surface area contributed by atoms with Gasteiger partial charge in [0.2, 0.25) is 0 Å². The molecular weight excluding hydrogens is 324 g/mol. The summed E-state index contributed by atoms with van der Waals surface area (Å²) in [5.41, 5.74) is 4.62. The molecule has 2 rings (SSSR count). The molecule has 0 aromatic heterocycles. The average molecular weight is 336 g/mol. The molecule has 0 heterocycles. The molecule has 8 nitrogen and oxygen atoms in total. The number of carboxylic acids is 2. The first-order chi connectivity index (χ1) is 10.7. The van der Waals surface area contributed by atoms with Gasteiger partial charge in [-0.15, -0.1) is 0 Å². The maximum Gasteiger partial charge on any atom is 0.337 e. The number of carboxylic acid groups (broad SMARTS) is 2. The molecule has 9 heteroatoms. The van der Waals surface area contributed by atoms with Gasteiger partial charge in [-0.05, 0) is 30.3 Å². The van der Waals surface area contributed by atoms with Gasteiger partial charge in [-0.25, -0.2) is 18.0 Å². The first-order valence-electron chi connectivity index (χ1n) is 6.20. The van der Waals surface area contributed by atoms with E-state index < -0.39 is 32.4 Å². The second-order valence-electron chi connectivity index (χ2n) is 4.52. The minimum atomic E-state index is -4.31. The van der Waals surface area contributed by atoms with Crippen molar-refractivity contribution in [3.05, 3.63) is 53.6 Å². The molecule has 0 spiro atoms. The highest BCUT2D eigenvalue weighted by atomic mass is 32.2. The third-order valence-corrected chi connectivity index (χ3v) is 4.35. The molecule has 0 aliphatic rings. The molecule has 23 heavy (non-hydrogen) atoms. The molecule has 5 N–H and O–H groups in total. The zero-order chi connectivity index (χ0) is 17.2. The van der Waals surface area contributed by atoms with Crippen molar-refractivity contribution in [3.63, 3.8) is 0 Å². The highest BCUT2D eigenvalue weighted by Gasteiger charge is 2.24. The van der Waals surface area contributed by atoms with Crippen LogP contribution in [0.25, 0.3) is 0 Å². The molecule has 0 saturated carbocycles. The molecule has 0 saturated heterocycles. The average Bonchev–Trinajstić information content (AvgIpc) is 2.46. The van der Waals surface area contributed by atoms with E-state index >= 15 is 0 Å².